The number of carbonyl (C=O) groups is 2. The first-order valence-corrected chi connectivity index (χ1v) is 8.41. The first-order valence-electron chi connectivity index (χ1n) is 8.41. The van der Waals surface area contributed by atoms with Crippen LogP contribution in [0.2, 0.25) is 0 Å². The molecule has 2 heterocycles. The molecular formula is C19H19N5O2. The molecule has 0 radical (unpaired) electrons. The summed E-state index contributed by atoms with van der Waals surface area (Å²) in [6.07, 6.45) is 2.67. The lowest BCUT2D eigenvalue weighted by Gasteiger charge is -2.38. The van der Waals surface area contributed by atoms with Gasteiger partial charge >= 0.3 is 0 Å². The van der Waals surface area contributed by atoms with E-state index in [1.54, 1.807) is 16.8 Å². The molecule has 1 unspecified atom stereocenters. The molecule has 2 aromatic carbocycles. The molecule has 1 fully saturated rings. The van der Waals surface area contributed by atoms with Crippen molar-refractivity contribution in [2.75, 3.05) is 11.9 Å². The van der Waals surface area contributed by atoms with Gasteiger partial charge in [0.05, 0.1) is 16.8 Å². The Morgan fingerprint density at radius 2 is 1.96 bits per heavy atom. The third-order valence-corrected chi connectivity index (χ3v) is 4.83. The van der Waals surface area contributed by atoms with Gasteiger partial charge in [0.15, 0.2) is 0 Å². The molecule has 0 aliphatic carbocycles. The lowest BCUT2D eigenvalue weighted by atomic mass is 9.89. The Balaban J connectivity index is 1.59. The average Bonchev–Trinajstić information content (AvgIpc) is 3.04. The molecule has 1 aromatic heterocycles. The van der Waals surface area contributed by atoms with Crippen LogP contribution in [0.1, 0.15) is 23.7 Å². The Labute approximate surface area is 150 Å². The summed E-state index contributed by atoms with van der Waals surface area (Å²) in [4.78, 5) is 23.8. The molecule has 1 aliphatic heterocycles. The molecule has 2 amide bonds. The maximum absolute atomic E-state index is 12.3. The third-order valence-electron chi connectivity index (χ3n) is 4.83. The minimum Gasteiger partial charge on any atom is -0.366 e. The summed E-state index contributed by atoms with van der Waals surface area (Å²) in [6, 6.07) is 12.7. The van der Waals surface area contributed by atoms with E-state index in [1.165, 1.54) is 0 Å². The second-order valence-electron chi connectivity index (χ2n) is 6.69. The molecule has 1 aliphatic rings. The predicted molar refractivity (Wildman–Crippen MR) is 99.2 cm³/mol. The third kappa shape index (κ3) is 2.72. The molecule has 0 bridgehead atoms. The second-order valence-corrected chi connectivity index (χ2v) is 6.69. The number of aromatic nitrogens is 2. The van der Waals surface area contributed by atoms with Gasteiger partial charge in [-0.15, -0.1) is 0 Å². The minimum atomic E-state index is -0.503. The van der Waals surface area contributed by atoms with Crippen molar-refractivity contribution in [3.8, 4) is 5.69 Å². The number of benzene rings is 2. The van der Waals surface area contributed by atoms with Crippen LogP contribution >= 0.6 is 0 Å². The van der Waals surface area contributed by atoms with E-state index in [9.17, 15) is 9.59 Å². The molecule has 0 saturated carbocycles. The predicted octanol–water partition coefficient (Wildman–Crippen LogP) is 1.81. The van der Waals surface area contributed by atoms with Crippen LogP contribution in [0.15, 0.2) is 48.7 Å². The second kappa shape index (κ2) is 5.96. The van der Waals surface area contributed by atoms with Gasteiger partial charge in [-0.2, -0.15) is 5.10 Å². The molecule has 132 valence electrons. The largest absolute Gasteiger partial charge is 0.366 e. The number of nitrogens with one attached hydrogen (secondary N) is 2. The van der Waals surface area contributed by atoms with E-state index in [-0.39, 0.29) is 5.91 Å². The van der Waals surface area contributed by atoms with Crippen molar-refractivity contribution in [2.24, 2.45) is 5.73 Å². The number of amides is 2. The fraction of sp³-hybridized carbons (Fsp3) is 0.211. The zero-order valence-corrected chi connectivity index (χ0v) is 14.3. The Morgan fingerprint density at radius 3 is 2.58 bits per heavy atom. The molecular weight excluding hydrogens is 330 g/mol. The van der Waals surface area contributed by atoms with Gasteiger partial charge in [0.1, 0.15) is 5.52 Å². The van der Waals surface area contributed by atoms with Crippen LogP contribution in [-0.2, 0) is 4.79 Å². The molecule has 3 aromatic rings. The van der Waals surface area contributed by atoms with Crippen LogP contribution in [0.25, 0.3) is 16.6 Å². The summed E-state index contributed by atoms with van der Waals surface area (Å²) in [7, 11) is 0. The highest BCUT2D eigenvalue weighted by Crippen LogP contribution is 2.22. The lowest BCUT2D eigenvalue weighted by molar-refractivity contribution is -0.124. The Kier molecular flexibility index (Phi) is 3.73. The Bertz CT molecular complexity index is 1000. The van der Waals surface area contributed by atoms with E-state index < -0.39 is 11.4 Å². The highest BCUT2D eigenvalue weighted by Gasteiger charge is 2.38. The van der Waals surface area contributed by atoms with E-state index in [2.05, 4.69) is 15.7 Å². The fourth-order valence-electron chi connectivity index (χ4n) is 3.04. The van der Waals surface area contributed by atoms with Gasteiger partial charge < -0.3 is 16.4 Å². The van der Waals surface area contributed by atoms with E-state index in [0.29, 0.717) is 11.1 Å². The van der Waals surface area contributed by atoms with Gasteiger partial charge in [-0.25, -0.2) is 4.68 Å². The quantitative estimate of drug-likeness (QED) is 0.668. The van der Waals surface area contributed by atoms with Gasteiger partial charge in [-0.1, -0.05) is 12.1 Å². The molecule has 0 spiro atoms. The molecule has 7 nitrogen and oxygen atoms in total. The standard InChI is InChI=1S/C19H19N5O2/c1-19(9-10-21-19)18(26)22-13-5-7-14(8-6-13)24-11-12-3-2-4-15(17(20)25)16(12)23-24/h2-8,11,21H,9-10H2,1H3,(H2,20,25)(H,22,26). The number of hydrogen-bond donors (Lipinski definition) is 3. The van der Waals surface area contributed by atoms with Crippen molar-refractivity contribution in [2.45, 2.75) is 18.9 Å². The van der Waals surface area contributed by atoms with E-state index >= 15 is 0 Å². The minimum absolute atomic E-state index is 0.0348. The number of fused-ring (bicyclic) bond motifs is 1. The van der Waals surface area contributed by atoms with E-state index in [0.717, 1.165) is 29.7 Å². The summed E-state index contributed by atoms with van der Waals surface area (Å²) in [6.45, 7) is 2.76. The molecule has 26 heavy (non-hydrogen) atoms. The van der Waals surface area contributed by atoms with Crippen LogP contribution in [0.4, 0.5) is 5.69 Å². The van der Waals surface area contributed by atoms with Crippen molar-refractivity contribution < 1.29 is 9.59 Å². The van der Waals surface area contributed by atoms with Crippen molar-refractivity contribution >= 4 is 28.4 Å². The summed E-state index contributed by atoms with van der Waals surface area (Å²) >= 11 is 0. The van der Waals surface area contributed by atoms with E-state index in [4.69, 9.17) is 5.73 Å². The van der Waals surface area contributed by atoms with Gasteiger partial charge in [-0.3, -0.25) is 9.59 Å². The van der Waals surface area contributed by atoms with Crippen molar-refractivity contribution in [1.29, 1.82) is 0 Å². The number of nitrogens with zero attached hydrogens (tertiary/aromatic N) is 2. The van der Waals surface area contributed by atoms with E-state index in [1.807, 2.05) is 43.5 Å². The highest BCUT2D eigenvalue weighted by molar-refractivity contribution is 6.04. The van der Waals surface area contributed by atoms with Crippen LogP contribution < -0.4 is 16.4 Å². The lowest BCUT2D eigenvalue weighted by Crippen LogP contribution is -2.61. The molecule has 4 N–H and O–H groups in total. The maximum Gasteiger partial charge on any atom is 0.250 e. The smallest absolute Gasteiger partial charge is 0.250 e. The van der Waals surface area contributed by atoms with Gasteiger partial charge in [0.2, 0.25) is 5.91 Å². The first-order chi connectivity index (χ1) is 12.5. The number of anilines is 1. The SMILES string of the molecule is CC1(C(=O)Nc2ccc(-n3cc4cccc(C(N)=O)c4n3)cc2)CCN1. The summed E-state index contributed by atoms with van der Waals surface area (Å²) in [5, 5.41) is 11.4. The summed E-state index contributed by atoms with van der Waals surface area (Å²) < 4.78 is 1.69. The van der Waals surface area contributed by atoms with Crippen LogP contribution in [0.3, 0.4) is 0 Å². The number of rotatable bonds is 4. The first kappa shape index (κ1) is 16.3. The monoisotopic (exact) mass is 349 g/mol. The maximum atomic E-state index is 12.3. The number of primary amides is 1. The van der Waals surface area contributed by atoms with Crippen LogP contribution in [0.5, 0.6) is 0 Å². The Morgan fingerprint density at radius 1 is 1.23 bits per heavy atom. The molecule has 1 saturated heterocycles. The average molecular weight is 349 g/mol. The molecule has 4 rings (SSSR count). The molecule has 7 heteroatoms. The fourth-order valence-corrected chi connectivity index (χ4v) is 3.04. The Hall–Kier alpha value is -3.19. The van der Waals surface area contributed by atoms with Crippen LogP contribution in [-0.4, -0.2) is 33.7 Å². The van der Waals surface area contributed by atoms with Gasteiger partial charge in [0.25, 0.3) is 5.91 Å². The number of nitrogens with two attached hydrogens (primary N) is 1. The van der Waals surface area contributed by atoms with Crippen molar-refractivity contribution in [3.05, 3.63) is 54.2 Å². The van der Waals surface area contributed by atoms with Crippen molar-refractivity contribution in [3.63, 3.8) is 0 Å². The topological polar surface area (TPSA) is 102 Å². The zero-order valence-electron chi connectivity index (χ0n) is 14.3. The zero-order chi connectivity index (χ0) is 18.3. The van der Waals surface area contributed by atoms with Gasteiger partial charge in [-0.05, 0) is 50.2 Å². The van der Waals surface area contributed by atoms with Gasteiger partial charge in [0, 0.05) is 17.3 Å². The van der Waals surface area contributed by atoms with Crippen molar-refractivity contribution in [1.82, 2.24) is 15.1 Å². The summed E-state index contributed by atoms with van der Waals surface area (Å²) in [5.41, 5.74) is 7.44. The number of carbonyl (C=O) groups excluding carboxylic acids is 2. The normalized spacial score (nSPS) is 19.1. The summed E-state index contributed by atoms with van der Waals surface area (Å²) in [5.74, 6) is -0.538. The number of hydrogen-bond acceptors (Lipinski definition) is 4. The highest BCUT2D eigenvalue weighted by atomic mass is 16.2. The molecule has 1 atom stereocenters. The van der Waals surface area contributed by atoms with Crippen LogP contribution in [0, 0.1) is 0 Å².